The van der Waals surface area contributed by atoms with Crippen LogP contribution in [0.4, 0.5) is 0 Å². The fraction of sp³-hybridized carbons (Fsp3) is 0.364. The molecule has 4 nitrogen and oxygen atoms in total. The van der Waals surface area contributed by atoms with Crippen molar-refractivity contribution < 1.29 is 9.53 Å². The number of hydrogen-bond acceptors (Lipinski definition) is 3. The second-order valence-corrected chi connectivity index (χ2v) is 3.88. The van der Waals surface area contributed by atoms with E-state index in [-0.39, 0.29) is 18.6 Å². The largest absolute Gasteiger partial charge is 0.484 e. The molecular weight excluding hydrogens is 228 g/mol. The lowest BCUT2D eigenvalue weighted by atomic mass is 10.3. The number of carbonyl (C=O) groups is 1. The summed E-state index contributed by atoms with van der Waals surface area (Å²) in [5.41, 5.74) is 5.37. The molecule has 5 heteroatoms. The average Bonchev–Trinajstić information content (AvgIpc) is 2.28. The van der Waals surface area contributed by atoms with Crippen molar-refractivity contribution in [3.63, 3.8) is 0 Å². The molecule has 0 saturated carbocycles. The Labute approximate surface area is 99.7 Å². The van der Waals surface area contributed by atoms with Gasteiger partial charge in [-0.05, 0) is 31.2 Å². The number of nitrogens with one attached hydrogen (secondary N) is 1. The van der Waals surface area contributed by atoms with E-state index >= 15 is 0 Å². The summed E-state index contributed by atoms with van der Waals surface area (Å²) in [7, 11) is 0. The van der Waals surface area contributed by atoms with Gasteiger partial charge in [0, 0.05) is 17.6 Å². The van der Waals surface area contributed by atoms with Crippen LogP contribution < -0.4 is 15.8 Å². The van der Waals surface area contributed by atoms with E-state index < -0.39 is 0 Å². The summed E-state index contributed by atoms with van der Waals surface area (Å²) in [5.74, 6) is 0.424. The molecule has 1 rings (SSSR count). The van der Waals surface area contributed by atoms with E-state index in [9.17, 15) is 4.79 Å². The summed E-state index contributed by atoms with van der Waals surface area (Å²) in [4.78, 5) is 11.3. The van der Waals surface area contributed by atoms with Gasteiger partial charge in [0.15, 0.2) is 6.61 Å². The molecule has 0 fully saturated rings. The van der Waals surface area contributed by atoms with Crippen LogP contribution in [0.15, 0.2) is 24.3 Å². The molecule has 0 aliphatic rings. The Morgan fingerprint density at radius 2 is 2.12 bits per heavy atom. The zero-order valence-electron chi connectivity index (χ0n) is 9.07. The fourth-order valence-corrected chi connectivity index (χ4v) is 1.18. The summed E-state index contributed by atoms with van der Waals surface area (Å²) in [5, 5.41) is 3.33. The van der Waals surface area contributed by atoms with E-state index in [2.05, 4.69) is 5.32 Å². The lowest BCUT2D eigenvalue weighted by Crippen LogP contribution is -2.40. The molecule has 0 saturated heterocycles. The van der Waals surface area contributed by atoms with Gasteiger partial charge in [0.25, 0.3) is 5.91 Å². The van der Waals surface area contributed by atoms with Gasteiger partial charge < -0.3 is 15.8 Å². The molecule has 3 N–H and O–H groups in total. The number of benzene rings is 1. The third-order valence-electron chi connectivity index (χ3n) is 1.94. The Hall–Kier alpha value is -1.26. The predicted octanol–water partition coefficient (Wildman–Crippen LogP) is 1.18. The maximum absolute atomic E-state index is 11.3. The third-order valence-corrected chi connectivity index (χ3v) is 2.20. The highest BCUT2D eigenvalue weighted by molar-refractivity contribution is 6.30. The fourth-order valence-electron chi connectivity index (χ4n) is 1.06. The number of carbonyl (C=O) groups excluding carboxylic acids is 1. The zero-order chi connectivity index (χ0) is 12.0. The quantitative estimate of drug-likeness (QED) is 0.815. The molecule has 1 atom stereocenters. The van der Waals surface area contributed by atoms with Crippen LogP contribution in [0.3, 0.4) is 0 Å². The predicted molar refractivity (Wildman–Crippen MR) is 63.6 cm³/mol. The minimum absolute atomic E-state index is 0.0219. The van der Waals surface area contributed by atoms with Crippen molar-refractivity contribution in [1.82, 2.24) is 5.32 Å². The van der Waals surface area contributed by atoms with Gasteiger partial charge in [0.1, 0.15) is 5.75 Å². The third kappa shape index (κ3) is 4.51. The minimum atomic E-state index is -0.187. The summed E-state index contributed by atoms with van der Waals surface area (Å²) in [6.45, 7) is 2.22. The van der Waals surface area contributed by atoms with E-state index in [4.69, 9.17) is 22.1 Å². The van der Waals surface area contributed by atoms with Crippen molar-refractivity contribution in [3.8, 4) is 5.75 Å². The van der Waals surface area contributed by atoms with Gasteiger partial charge in [-0.3, -0.25) is 4.79 Å². The van der Waals surface area contributed by atoms with Gasteiger partial charge in [-0.15, -0.1) is 0 Å². The molecular formula is C11H15ClN2O2. The van der Waals surface area contributed by atoms with Crippen LogP contribution >= 0.6 is 11.6 Å². The number of halogens is 1. The van der Waals surface area contributed by atoms with Gasteiger partial charge >= 0.3 is 0 Å². The standard InChI is InChI=1S/C11H15ClN2O2/c1-8(6-13)14-11(15)7-16-10-4-2-9(12)3-5-10/h2-5,8H,6-7,13H2,1H3,(H,14,15). The highest BCUT2D eigenvalue weighted by Crippen LogP contribution is 2.15. The van der Waals surface area contributed by atoms with Crippen molar-refractivity contribution in [1.29, 1.82) is 0 Å². The number of nitrogens with two attached hydrogens (primary N) is 1. The van der Waals surface area contributed by atoms with Gasteiger partial charge in [-0.25, -0.2) is 0 Å². The van der Waals surface area contributed by atoms with Gasteiger partial charge in [-0.2, -0.15) is 0 Å². The van der Waals surface area contributed by atoms with Crippen LogP contribution in [0.2, 0.25) is 5.02 Å². The van der Waals surface area contributed by atoms with Crippen LogP contribution in [-0.4, -0.2) is 25.1 Å². The first kappa shape index (κ1) is 12.8. The second kappa shape index (κ2) is 6.35. The molecule has 0 heterocycles. The van der Waals surface area contributed by atoms with Crippen LogP contribution in [0.5, 0.6) is 5.75 Å². The lowest BCUT2D eigenvalue weighted by molar-refractivity contribution is -0.123. The Bertz CT molecular complexity index is 340. The maximum Gasteiger partial charge on any atom is 0.258 e. The van der Waals surface area contributed by atoms with Gasteiger partial charge in [0.2, 0.25) is 0 Å². The van der Waals surface area contributed by atoms with Crippen molar-refractivity contribution in [2.75, 3.05) is 13.2 Å². The summed E-state index contributed by atoms with van der Waals surface area (Å²) in [6.07, 6.45) is 0. The molecule has 16 heavy (non-hydrogen) atoms. The van der Waals surface area contributed by atoms with E-state index in [0.29, 0.717) is 17.3 Å². The number of hydrogen-bond donors (Lipinski definition) is 2. The normalized spacial score (nSPS) is 11.9. The average molecular weight is 243 g/mol. The Morgan fingerprint density at radius 1 is 1.50 bits per heavy atom. The van der Waals surface area contributed by atoms with Crippen molar-refractivity contribution in [2.24, 2.45) is 5.73 Å². The first-order valence-electron chi connectivity index (χ1n) is 4.99. The van der Waals surface area contributed by atoms with Crippen molar-refractivity contribution >= 4 is 17.5 Å². The molecule has 0 aliphatic heterocycles. The minimum Gasteiger partial charge on any atom is -0.484 e. The van der Waals surface area contributed by atoms with Crippen LogP contribution in [-0.2, 0) is 4.79 Å². The van der Waals surface area contributed by atoms with E-state index in [0.717, 1.165) is 0 Å². The van der Waals surface area contributed by atoms with Crippen LogP contribution in [0.25, 0.3) is 0 Å². The van der Waals surface area contributed by atoms with E-state index in [1.165, 1.54) is 0 Å². The maximum atomic E-state index is 11.3. The topological polar surface area (TPSA) is 64.3 Å². The van der Waals surface area contributed by atoms with E-state index in [1.807, 2.05) is 6.92 Å². The highest BCUT2D eigenvalue weighted by atomic mass is 35.5. The first-order valence-corrected chi connectivity index (χ1v) is 5.37. The van der Waals surface area contributed by atoms with Gasteiger partial charge in [-0.1, -0.05) is 11.6 Å². The monoisotopic (exact) mass is 242 g/mol. The Balaban J connectivity index is 2.34. The first-order chi connectivity index (χ1) is 7.61. The van der Waals surface area contributed by atoms with Crippen molar-refractivity contribution in [2.45, 2.75) is 13.0 Å². The number of rotatable bonds is 5. The number of ether oxygens (including phenoxy) is 1. The second-order valence-electron chi connectivity index (χ2n) is 3.45. The SMILES string of the molecule is CC(CN)NC(=O)COc1ccc(Cl)cc1. The Kier molecular flexibility index (Phi) is 5.08. The molecule has 0 bridgehead atoms. The summed E-state index contributed by atoms with van der Waals surface area (Å²) < 4.78 is 5.26. The van der Waals surface area contributed by atoms with Gasteiger partial charge in [0.05, 0.1) is 0 Å². The molecule has 1 aromatic rings. The number of amides is 1. The molecule has 0 aromatic heterocycles. The van der Waals surface area contributed by atoms with E-state index in [1.54, 1.807) is 24.3 Å². The smallest absolute Gasteiger partial charge is 0.258 e. The molecule has 0 spiro atoms. The van der Waals surface area contributed by atoms with Crippen LogP contribution in [0, 0.1) is 0 Å². The molecule has 0 aliphatic carbocycles. The summed E-state index contributed by atoms with van der Waals surface area (Å²) >= 11 is 5.71. The summed E-state index contributed by atoms with van der Waals surface area (Å²) in [6, 6.07) is 6.79. The molecule has 1 unspecified atom stereocenters. The molecule has 1 amide bonds. The van der Waals surface area contributed by atoms with Crippen LogP contribution in [0.1, 0.15) is 6.92 Å². The van der Waals surface area contributed by atoms with Crippen molar-refractivity contribution in [3.05, 3.63) is 29.3 Å². The lowest BCUT2D eigenvalue weighted by Gasteiger charge is -2.11. The molecule has 0 radical (unpaired) electrons. The zero-order valence-corrected chi connectivity index (χ0v) is 9.83. The highest BCUT2D eigenvalue weighted by Gasteiger charge is 2.06. The Morgan fingerprint density at radius 3 is 2.69 bits per heavy atom. The molecule has 1 aromatic carbocycles. The molecule has 88 valence electrons.